The average Bonchev–Trinajstić information content (AvgIpc) is 2.28. The molecule has 0 fully saturated rings. The average molecular weight is 343 g/mol. The molecule has 102 valence electrons. The van der Waals surface area contributed by atoms with Crippen LogP contribution in [-0.2, 0) is 16.6 Å². The summed E-state index contributed by atoms with van der Waals surface area (Å²) in [5.41, 5.74) is 6.04. The fraction of sp³-hybridized carbons (Fsp3) is 0.400. The summed E-state index contributed by atoms with van der Waals surface area (Å²) in [5, 5.41) is 0. The van der Waals surface area contributed by atoms with Crippen LogP contribution in [0.2, 0.25) is 0 Å². The maximum atomic E-state index is 12.2. The van der Waals surface area contributed by atoms with Crippen molar-refractivity contribution in [1.29, 1.82) is 0 Å². The van der Waals surface area contributed by atoms with Crippen LogP contribution >= 0.6 is 15.9 Å². The lowest BCUT2D eigenvalue weighted by atomic mass is 10.2. The van der Waals surface area contributed by atoms with Gasteiger partial charge in [-0.15, -0.1) is 0 Å². The van der Waals surface area contributed by atoms with Gasteiger partial charge in [-0.25, -0.2) is 17.2 Å². The number of nitrogens with zero attached hydrogens (tertiary/aromatic N) is 1. The Morgan fingerprint density at radius 2 is 2.06 bits per heavy atom. The van der Waals surface area contributed by atoms with Gasteiger partial charge in [0.25, 0.3) is 6.43 Å². The summed E-state index contributed by atoms with van der Waals surface area (Å²) in [6, 6.07) is 4.57. The minimum atomic E-state index is -3.95. The molecule has 0 saturated heterocycles. The zero-order valence-corrected chi connectivity index (χ0v) is 12.0. The number of halogens is 3. The second-order valence-corrected chi connectivity index (χ2v) is 6.51. The fourth-order valence-corrected chi connectivity index (χ4v) is 3.45. The van der Waals surface area contributed by atoms with Gasteiger partial charge in [-0.2, -0.15) is 4.31 Å². The molecule has 2 N–H and O–H groups in total. The second-order valence-electron chi connectivity index (χ2n) is 3.65. The highest BCUT2D eigenvalue weighted by Gasteiger charge is 2.25. The number of nitrogens with two attached hydrogens (primary N) is 1. The van der Waals surface area contributed by atoms with Crippen molar-refractivity contribution >= 4 is 26.0 Å². The summed E-state index contributed by atoms with van der Waals surface area (Å²) in [5.74, 6) is 0. The van der Waals surface area contributed by atoms with Crippen molar-refractivity contribution in [1.82, 2.24) is 4.31 Å². The molecular weight excluding hydrogens is 330 g/mol. The van der Waals surface area contributed by atoms with E-state index in [2.05, 4.69) is 15.9 Å². The van der Waals surface area contributed by atoms with Gasteiger partial charge in [0.15, 0.2) is 0 Å². The van der Waals surface area contributed by atoms with Crippen molar-refractivity contribution in [2.75, 3.05) is 13.6 Å². The van der Waals surface area contributed by atoms with Crippen LogP contribution in [0, 0.1) is 0 Å². The Morgan fingerprint density at radius 3 is 2.56 bits per heavy atom. The predicted octanol–water partition coefficient (Wildman–Crippen LogP) is 1.79. The van der Waals surface area contributed by atoms with Crippen LogP contribution in [-0.4, -0.2) is 32.7 Å². The SMILES string of the molecule is CN(CC(F)F)S(=O)(=O)c1cc(CN)ccc1Br. The molecule has 1 aromatic carbocycles. The Bertz CT molecular complexity index is 523. The summed E-state index contributed by atoms with van der Waals surface area (Å²) in [6.45, 7) is -0.671. The summed E-state index contributed by atoms with van der Waals surface area (Å²) < 4.78 is 49.6. The van der Waals surface area contributed by atoms with Gasteiger partial charge in [0.2, 0.25) is 10.0 Å². The minimum absolute atomic E-state index is 0.0615. The fourth-order valence-electron chi connectivity index (χ4n) is 1.33. The Kier molecular flexibility index (Phi) is 5.20. The quantitative estimate of drug-likeness (QED) is 0.887. The molecule has 4 nitrogen and oxygen atoms in total. The van der Waals surface area contributed by atoms with Crippen molar-refractivity contribution < 1.29 is 17.2 Å². The van der Waals surface area contributed by atoms with Gasteiger partial charge in [0.05, 0.1) is 11.4 Å². The summed E-state index contributed by atoms with van der Waals surface area (Å²) >= 11 is 3.10. The van der Waals surface area contributed by atoms with Crippen LogP contribution < -0.4 is 5.73 Å². The second kappa shape index (κ2) is 6.05. The highest BCUT2D eigenvalue weighted by molar-refractivity contribution is 9.10. The number of alkyl halides is 2. The number of benzene rings is 1. The van der Waals surface area contributed by atoms with Gasteiger partial charge in [-0.1, -0.05) is 6.07 Å². The maximum absolute atomic E-state index is 12.2. The van der Waals surface area contributed by atoms with Gasteiger partial charge in [-0.05, 0) is 33.6 Å². The van der Waals surface area contributed by atoms with Crippen LogP contribution in [0.5, 0.6) is 0 Å². The predicted molar refractivity (Wildman–Crippen MR) is 67.9 cm³/mol. The molecule has 0 heterocycles. The standard InChI is InChI=1S/C10H13BrF2N2O2S/c1-15(6-10(12)13)18(16,17)9-4-7(5-14)2-3-8(9)11/h2-4,10H,5-6,14H2,1H3. The van der Waals surface area contributed by atoms with Crippen molar-refractivity contribution in [3.8, 4) is 0 Å². The maximum Gasteiger partial charge on any atom is 0.252 e. The van der Waals surface area contributed by atoms with Crippen molar-refractivity contribution in [2.24, 2.45) is 5.73 Å². The molecule has 0 radical (unpaired) electrons. The molecule has 0 aromatic heterocycles. The van der Waals surface area contributed by atoms with E-state index in [1.54, 1.807) is 6.07 Å². The third kappa shape index (κ3) is 3.47. The molecule has 1 aromatic rings. The largest absolute Gasteiger partial charge is 0.326 e. The van der Waals surface area contributed by atoms with Gasteiger partial charge in [0.1, 0.15) is 0 Å². The number of sulfonamides is 1. The molecule has 1 rings (SSSR count). The van der Waals surface area contributed by atoms with E-state index < -0.39 is 23.0 Å². The van der Waals surface area contributed by atoms with Crippen LogP contribution in [0.25, 0.3) is 0 Å². The van der Waals surface area contributed by atoms with Gasteiger partial charge >= 0.3 is 0 Å². The van der Waals surface area contributed by atoms with Crippen molar-refractivity contribution in [2.45, 2.75) is 17.9 Å². The first-order valence-corrected chi connectivity index (χ1v) is 7.25. The van der Waals surface area contributed by atoms with E-state index in [0.29, 0.717) is 14.3 Å². The molecule has 0 saturated carbocycles. The Hall–Kier alpha value is -0.570. The van der Waals surface area contributed by atoms with Gasteiger partial charge in [0, 0.05) is 18.1 Å². The summed E-state index contributed by atoms with van der Waals surface area (Å²) in [6.07, 6.45) is -2.72. The first-order valence-electron chi connectivity index (χ1n) is 5.02. The number of rotatable bonds is 5. The number of hydrogen-bond donors (Lipinski definition) is 1. The molecule has 0 unspecified atom stereocenters. The van der Waals surface area contributed by atoms with Crippen LogP contribution in [0.15, 0.2) is 27.6 Å². The first kappa shape index (κ1) is 15.5. The van der Waals surface area contributed by atoms with E-state index in [4.69, 9.17) is 5.73 Å². The molecule has 18 heavy (non-hydrogen) atoms. The smallest absolute Gasteiger partial charge is 0.252 e. The lowest BCUT2D eigenvalue weighted by Gasteiger charge is -2.18. The Balaban J connectivity index is 3.19. The topological polar surface area (TPSA) is 63.4 Å². The van der Waals surface area contributed by atoms with E-state index in [1.165, 1.54) is 12.1 Å². The van der Waals surface area contributed by atoms with E-state index in [1.807, 2.05) is 0 Å². The first-order chi connectivity index (χ1) is 8.28. The Labute approximate surface area is 113 Å². The lowest BCUT2D eigenvalue weighted by molar-refractivity contribution is 0.126. The molecule has 0 aliphatic carbocycles. The van der Waals surface area contributed by atoms with Crippen LogP contribution in [0.1, 0.15) is 5.56 Å². The third-order valence-corrected chi connectivity index (χ3v) is 5.13. The molecular formula is C10H13BrF2N2O2S. The van der Waals surface area contributed by atoms with Crippen molar-refractivity contribution in [3.63, 3.8) is 0 Å². The molecule has 0 amide bonds. The van der Waals surface area contributed by atoms with Crippen LogP contribution in [0.3, 0.4) is 0 Å². The van der Waals surface area contributed by atoms with Crippen molar-refractivity contribution in [3.05, 3.63) is 28.2 Å². The van der Waals surface area contributed by atoms with Gasteiger partial charge in [-0.3, -0.25) is 0 Å². The molecule has 0 atom stereocenters. The third-order valence-electron chi connectivity index (χ3n) is 2.31. The van der Waals surface area contributed by atoms with E-state index >= 15 is 0 Å². The Morgan fingerprint density at radius 1 is 1.44 bits per heavy atom. The minimum Gasteiger partial charge on any atom is -0.326 e. The number of hydrogen-bond acceptors (Lipinski definition) is 3. The normalized spacial score (nSPS) is 12.4. The summed E-state index contributed by atoms with van der Waals surface area (Å²) in [4.78, 5) is -0.0615. The molecule has 0 bridgehead atoms. The highest BCUT2D eigenvalue weighted by atomic mass is 79.9. The molecule has 0 aliphatic heterocycles. The molecule has 0 aliphatic rings. The molecule has 8 heteroatoms. The lowest BCUT2D eigenvalue weighted by Crippen LogP contribution is -2.31. The highest BCUT2D eigenvalue weighted by Crippen LogP contribution is 2.26. The van der Waals surface area contributed by atoms with Gasteiger partial charge < -0.3 is 5.73 Å². The molecule has 0 spiro atoms. The van der Waals surface area contributed by atoms with E-state index in [-0.39, 0.29) is 11.4 Å². The summed E-state index contributed by atoms with van der Waals surface area (Å²) in [7, 11) is -2.83. The van der Waals surface area contributed by atoms with E-state index in [9.17, 15) is 17.2 Å². The monoisotopic (exact) mass is 342 g/mol. The van der Waals surface area contributed by atoms with Crippen LogP contribution in [0.4, 0.5) is 8.78 Å². The zero-order valence-electron chi connectivity index (χ0n) is 9.61. The van der Waals surface area contributed by atoms with E-state index in [0.717, 1.165) is 7.05 Å². The zero-order chi connectivity index (χ0) is 13.9.